The van der Waals surface area contributed by atoms with Crippen LogP contribution in [-0.2, 0) is 9.31 Å². The van der Waals surface area contributed by atoms with Gasteiger partial charge in [-0.15, -0.1) is 0 Å². The van der Waals surface area contributed by atoms with Gasteiger partial charge < -0.3 is 9.31 Å². The van der Waals surface area contributed by atoms with Crippen molar-refractivity contribution >= 4 is 7.12 Å². The van der Waals surface area contributed by atoms with Gasteiger partial charge in [0.2, 0.25) is 0 Å². The highest BCUT2D eigenvalue weighted by atomic mass is 16.7. The number of hydrogen-bond acceptors (Lipinski definition) is 2. The van der Waals surface area contributed by atoms with E-state index in [2.05, 4.69) is 58.1 Å². The van der Waals surface area contributed by atoms with Crippen LogP contribution >= 0.6 is 0 Å². The Balaban J connectivity index is 2.20. The van der Waals surface area contributed by atoms with Crippen LogP contribution in [0.25, 0.3) is 0 Å². The van der Waals surface area contributed by atoms with Crippen molar-refractivity contribution in [3.63, 3.8) is 0 Å². The largest absolute Gasteiger partial charge is 0.494 e. The Kier molecular flexibility index (Phi) is 2.85. The smallest absolute Gasteiger partial charge is 0.399 e. The number of rotatable bonds is 1. The molecule has 0 radical (unpaired) electrons. The molecule has 1 aliphatic heterocycles. The van der Waals surface area contributed by atoms with Crippen LogP contribution in [0.1, 0.15) is 34.1 Å². The molecule has 0 spiro atoms. The SMILES string of the molecule is CC1(C)OB(C2=CC=CCC=C2)OC1(C)C. The Morgan fingerprint density at radius 1 is 1.06 bits per heavy atom. The third-order valence-corrected chi connectivity index (χ3v) is 3.53. The Hall–Kier alpha value is -0.795. The van der Waals surface area contributed by atoms with Gasteiger partial charge in [0.1, 0.15) is 0 Å². The Bertz CT molecular complexity index is 348. The topological polar surface area (TPSA) is 18.5 Å². The van der Waals surface area contributed by atoms with Gasteiger partial charge in [0.25, 0.3) is 0 Å². The molecular weight excluding hydrogens is 199 g/mol. The van der Waals surface area contributed by atoms with E-state index in [0.717, 1.165) is 11.9 Å². The predicted octanol–water partition coefficient (Wildman–Crippen LogP) is 3.06. The first-order valence-electron chi connectivity index (χ1n) is 5.81. The maximum absolute atomic E-state index is 5.98. The predicted molar refractivity (Wildman–Crippen MR) is 67.1 cm³/mol. The van der Waals surface area contributed by atoms with Gasteiger partial charge in [-0.3, -0.25) is 0 Å². The van der Waals surface area contributed by atoms with E-state index in [4.69, 9.17) is 9.31 Å². The molecular formula is C13H19BO2. The average Bonchev–Trinajstić information content (AvgIpc) is 2.42. The first-order chi connectivity index (χ1) is 7.42. The van der Waals surface area contributed by atoms with Crippen LogP contribution in [0.3, 0.4) is 0 Å². The summed E-state index contributed by atoms with van der Waals surface area (Å²) in [6, 6.07) is 0. The lowest BCUT2D eigenvalue weighted by atomic mass is 9.78. The standard InChI is InChI=1S/C13H19BO2/c1-12(2)13(3,4)16-14(15-12)11-9-7-5-6-8-10-11/h5,7-10H,6H2,1-4H3. The van der Waals surface area contributed by atoms with Crippen molar-refractivity contribution in [1.82, 2.24) is 0 Å². The molecule has 1 aliphatic carbocycles. The summed E-state index contributed by atoms with van der Waals surface area (Å²) < 4.78 is 12.0. The van der Waals surface area contributed by atoms with Gasteiger partial charge in [0.15, 0.2) is 0 Å². The van der Waals surface area contributed by atoms with Crippen LogP contribution in [-0.4, -0.2) is 18.3 Å². The summed E-state index contributed by atoms with van der Waals surface area (Å²) in [6.45, 7) is 8.29. The van der Waals surface area contributed by atoms with Gasteiger partial charge in [0, 0.05) is 0 Å². The van der Waals surface area contributed by atoms with Crippen molar-refractivity contribution in [1.29, 1.82) is 0 Å². The van der Waals surface area contributed by atoms with E-state index in [1.807, 2.05) is 0 Å². The lowest BCUT2D eigenvalue weighted by Gasteiger charge is -2.32. The van der Waals surface area contributed by atoms with E-state index in [1.54, 1.807) is 0 Å². The van der Waals surface area contributed by atoms with E-state index in [-0.39, 0.29) is 18.3 Å². The quantitative estimate of drug-likeness (QED) is 0.629. The zero-order valence-electron chi connectivity index (χ0n) is 10.5. The second kappa shape index (κ2) is 3.90. The molecule has 0 amide bonds. The summed E-state index contributed by atoms with van der Waals surface area (Å²) in [5, 5.41) is 0. The van der Waals surface area contributed by atoms with Crippen LogP contribution in [0.2, 0.25) is 0 Å². The molecule has 0 N–H and O–H groups in total. The maximum Gasteiger partial charge on any atom is 0.494 e. The van der Waals surface area contributed by atoms with E-state index in [9.17, 15) is 0 Å². The van der Waals surface area contributed by atoms with Crippen LogP contribution in [0, 0.1) is 0 Å². The second-order valence-electron chi connectivity index (χ2n) is 5.32. The highest BCUT2D eigenvalue weighted by molar-refractivity contribution is 6.55. The first kappa shape index (κ1) is 11.7. The summed E-state index contributed by atoms with van der Waals surface area (Å²) in [4.78, 5) is 0. The summed E-state index contributed by atoms with van der Waals surface area (Å²) in [6.07, 6.45) is 11.4. The Morgan fingerprint density at radius 3 is 2.31 bits per heavy atom. The molecule has 1 saturated heterocycles. The van der Waals surface area contributed by atoms with Gasteiger partial charge in [0.05, 0.1) is 11.2 Å². The summed E-state index contributed by atoms with van der Waals surface area (Å²) in [5.41, 5.74) is 0.567. The van der Waals surface area contributed by atoms with Crippen molar-refractivity contribution in [3.05, 3.63) is 35.9 Å². The van der Waals surface area contributed by atoms with Crippen LogP contribution < -0.4 is 0 Å². The molecule has 0 bridgehead atoms. The Morgan fingerprint density at radius 2 is 1.69 bits per heavy atom. The third-order valence-electron chi connectivity index (χ3n) is 3.53. The minimum Gasteiger partial charge on any atom is -0.399 e. The highest BCUT2D eigenvalue weighted by Gasteiger charge is 2.51. The summed E-state index contributed by atoms with van der Waals surface area (Å²) >= 11 is 0. The van der Waals surface area contributed by atoms with Crippen molar-refractivity contribution in [2.24, 2.45) is 0 Å². The molecule has 86 valence electrons. The second-order valence-corrected chi connectivity index (χ2v) is 5.32. The van der Waals surface area contributed by atoms with Crippen LogP contribution in [0.15, 0.2) is 35.9 Å². The molecule has 0 atom stereocenters. The van der Waals surface area contributed by atoms with Crippen molar-refractivity contribution < 1.29 is 9.31 Å². The van der Waals surface area contributed by atoms with Crippen molar-refractivity contribution in [3.8, 4) is 0 Å². The maximum atomic E-state index is 5.98. The number of hydrogen-bond donors (Lipinski definition) is 0. The molecule has 1 fully saturated rings. The zero-order chi connectivity index (χ0) is 11.8. The fourth-order valence-electron chi connectivity index (χ4n) is 1.73. The van der Waals surface area contributed by atoms with Crippen LogP contribution in [0.4, 0.5) is 0 Å². The van der Waals surface area contributed by atoms with Gasteiger partial charge in [-0.2, -0.15) is 0 Å². The highest BCUT2D eigenvalue weighted by Crippen LogP contribution is 2.38. The minimum absolute atomic E-state index is 0.246. The molecule has 0 aromatic carbocycles. The molecule has 0 aromatic rings. The summed E-state index contributed by atoms with van der Waals surface area (Å²) in [7, 11) is -0.246. The lowest BCUT2D eigenvalue weighted by molar-refractivity contribution is 0.00578. The van der Waals surface area contributed by atoms with E-state index in [0.29, 0.717) is 0 Å². The Labute approximate surface area is 98.2 Å². The fraction of sp³-hybridized carbons (Fsp3) is 0.538. The van der Waals surface area contributed by atoms with Gasteiger partial charge in [-0.1, -0.05) is 30.4 Å². The average molecular weight is 218 g/mol. The first-order valence-corrected chi connectivity index (χ1v) is 5.81. The third kappa shape index (κ3) is 2.02. The van der Waals surface area contributed by atoms with Gasteiger partial charge in [-0.05, 0) is 39.6 Å². The molecule has 0 aromatic heterocycles. The van der Waals surface area contributed by atoms with Crippen molar-refractivity contribution in [2.75, 3.05) is 0 Å². The minimum atomic E-state index is -0.262. The van der Waals surface area contributed by atoms with Gasteiger partial charge >= 0.3 is 7.12 Å². The lowest BCUT2D eigenvalue weighted by Crippen LogP contribution is -2.41. The zero-order valence-corrected chi connectivity index (χ0v) is 10.5. The molecule has 2 aliphatic rings. The molecule has 0 unspecified atom stereocenters. The molecule has 1 heterocycles. The van der Waals surface area contributed by atoms with Crippen LogP contribution in [0.5, 0.6) is 0 Å². The normalized spacial score (nSPS) is 26.8. The number of allylic oxidation sites excluding steroid dienone is 6. The molecule has 0 saturated carbocycles. The van der Waals surface area contributed by atoms with Gasteiger partial charge in [-0.25, -0.2) is 0 Å². The summed E-state index contributed by atoms with van der Waals surface area (Å²) in [5.74, 6) is 0. The fourth-order valence-corrected chi connectivity index (χ4v) is 1.73. The molecule has 2 rings (SSSR count). The van der Waals surface area contributed by atoms with Crippen molar-refractivity contribution in [2.45, 2.75) is 45.3 Å². The molecule has 16 heavy (non-hydrogen) atoms. The van der Waals surface area contributed by atoms with E-state index >= 15 is 0 Å². The van der Waals surface area contributed by atoms with E-state index in [1.165, 1.54) is 0 Å². The van der Waals surface area contributed by atoms with E-state index < -0.39 is 0 Å². The molecule has 2 nitrogen and oxygen atoms in total. The molecule has 3 heteroatoms. The monoisotopic (exact) mass is 218 g/mol.